The molecule has 0 fully saturated rings. The fourth-order valence-corrected chi connectivity index (χ4v) is 1.80. The van der Waals surface area contributed by atoms with Crippen molar-refractivity contribution in [2.75, 3.05) is 13.2 Å². The van der Waals surface area contributed by atoms with Crippen molar-refractivity contribution in [3.63, 3.8) is 0 Å². The molecule has 2 nitrogen and oxygen atoms in total. The molecular formula is C12H14ClNO. The van der Waals surface area contributed by atoms with Gasteiger partial charge in [-0.1, -0.05) is 29.3 Å². The maximum absolute atomic E-state index is 5.73. The van der Waals surface area contributed by atoms with Crippen LogP contribution in [0.5, 0.6) is 0 Å². The molecule has 2 heterocycles. The van der Waals surface area contributed by atoms with E-state index in [0.29, 0.717) is 5.15 Å². The van der Waals surface area contributed by atoms with Gasteiger partial charge in [-0.2, -0.15) is 0 Å². The van der Waals surface area contributed by atoms with Crippen LogP contribution < -0.4 is 0 Å². The average Bonchev–Trinajstić information content (AvgIpc) is 2.50. The van der Waals surface area contributed by atoms with Crippen LogP contribution in [0.3, 0.4) is 0 Å². The van der Waals surface area contributed by atoms with Crippen LogP contribution in [-0.4, -0.2) is 18.2 Å². The zero-order chi connectivity index (χ0) is 10.5. The minimum atomic E-state index is 0.553. The lowest BCUT2D eigenvalue weighted by Crippen LogP contribution is -1.95. The van der Waals surface area contributed by atoms with E-state index in [4.69, 9.17) is 16.3 Å². The standard InChI is InChI=1S/C12H14ClNO/c13-12-4-3-11(9-14-12)8-10-2-1-6-15-7-5-10/h2-4,9H,1,5-8H2. The van der Waals surface area contributed by atoms with E-state index >= 15 is 0 Å². The molecule has 0 spiro atoms. The lowest BCUT2D eigenvalue weighted by atomic mass is 10.0. The summed E-state index contributed by atoms with van der Waals surface area (Å²) < 4.78 is 5.39. The van der Waals surface area contributed by atoms with Crippen molar-refractivity contribution in [3.8, 4) is 0 Å². The number of nitrogens with zero attached hydrogens (tertiary/aromatic N) is 1. The van der Waals surface area contributed by atoms with Crippen molar-refractivity contribution in [2.45, 2.75) is 19.3 Å². The maximum Gasteiger partial charge on any atom is 0.129 e. The highest BCUT2D eigenvalue weighted by Crippen LogP contribution is 2.15. The molecule has 3 heteroatoms. The molecule has 0 aromatic carbocycles. The molecule has 0 unspecified atom stereocenters. The average molecular weight is 224 g/mol. The SMILES string of the molecule is Clc1ccc(CC2=CCCOCC2)cn1. The minimum absolute atomic E-state index is 0.553. The van der Waals surface area contributed by atoms with E-state index in [0.717, 1.165) is 32.5 Å². The van der Waals surface area contributed by atoms with Crippen molar-refractivity contribution in [1.29, 1.82) is 0 Å². The normalized spacial score (nSPS) is 17.0. The van der Waals surface area contributed by atoms with Crippen LogP contribution in [0.4, 0.5) is 0 Å². The number of pyridine rings is 1. The first-order valence-electron chi connectivity index (χ1n) is 5.21. The van der Waals surface area contributed by atoms with E-state index < -0.39 is 0 Å². The summed E-state index contributed by atoms with van der Waals surface area (Å²) in [5, 5.41) is 0.553. The van der Waals surface area contributed by atoms with Gasteiger partial charge in [-0.25, -0.2) is 4.98 Å². The van der Waals surface area contributed by atoms with Crippen LogP contribution in [0.25, 0.3) is 0 Å². The zero-order valence-electron chi connectivity index (χ0n) is 8.58. The highest BCUT2D eigenvalue weighted by atomic mass is 35.5. The zero-order valence-corrected chi connectivity index (χ0v) is 9.33. The van der Waals surface area contributed by atoms with Gasteiger partial charge in [-0.05, 0) is 30.9 Å². The topological polar surface area (TPSA) is 22.1 Å². The van der Waals surface area contributed by atoms with Gasteiger partial charge >= 0.3 is 0 Å². The molecule has 0 saturated carbocycles. The van der Waals surface area contributed by atoms with E-state index in [1.54, 1.807) is 0 Å². The molecule has 0 saturated heterocycles. The molecule has 1 aromatic heterocycles. The van der Waals surface area contributed by atoms with Crippen molar-refractivity contribution in [3.05, 3.63) is 40.7 Å². The number of ether oxygens (including phenoxy) is 1. The van der Waals surface area contributed by atoms with Crippen molar-refractivity contribution >= 4 is 11.6 Å². The fourth-order valence-electron chi connectivity index (χ4n) is 1.69. The largest absolute Gasteiger partial charge is 0.381 e. The maximum atomic E-state index is 5.73. The minimum Gasteiger partial charge on any atom is -0.381 e. The highest BCUT2D eigenvalue weighted by Gasteiger charge is 2.04. The molecule has 2 rings (SSSR count). The number of halogens is 1. The van der Waals surface area contributed by atoms with Crippen LogP contribution in [0, 0.1) is 0 Å². The van der Waals surface area contributed by atoms with Gasteiger partial charge in [0.2, 0.25) is 0 Å². The van der Waals surface area contributed by atoms with Crippen LogP contribution in [-0.2, 0) is 11.2 Å². The van der Waals surface area contributed by atoms with Crippen LogP contribution in [0.2, 0.25) is 5.15 Å². The molecule has 1 aromatic rings. The lowest BCUT2D eigenvalue weighted by Gasteiger charge is -2.04. The van der Waals surface area contributed by atoms with E-state index in [1.807, 2.05) is 18.3 Å². The predicted molar refractivity (Wildman–Crippen MR) is 61.1 cm³/mol. The second-order valence-corrected chi connectivity index (χ2v) is 4.07. The summed E-state index contributed by atoms with van der Waals surface area (Å²) in [5.41, 5.74) is 2.66. The van der Waals surface area contributed by atoms with Crippen LogP contribution in [0.1, 0.15) is 18.4 Å². The van der Waals surface area contributed by atoms with Gasteiger partial charge < -0.3 is 4.74 Å². The summed E-state index contributed by atoms with van der Waals surface area (Å²) in [5.74, 6) is 0. The van der Waals surface area contributed by atoms with Gasteiger partial charge in [0, 0.05) is 6.20 Å². The van der Waals surface area contributed by atoms with Gasteiger partial charge in [-0.3, -0.25) is 0 Å². The van der Waals surface area contributed by atoms with Gasteiger partial charge in [0.15, 0.2) is 0 Å². The van der Waals surface area contributed by atoms with Gasteiger partial charge in [0.25, 0.3) is 0 Å². The molecular weight excluding hydrogens is 210 g/mol. The smallest absolute Gasteiger partial charge is 0.129 e. The Bertz CT molecular complexity index is 345. The Morgan fingerprint density at radius 1 is 1.33 bits per heavy atom. The molecule has 1 aliphatic heterocycles. The molecule has 0 bridgehead atoms. The summed E-state index contributed by atoms with van der Waals surface area (Å²) in [6, 6.07) is 3.87. The van der Waals surface area contributed by atoms with Crippen molar-refractivity contribution in [2.24, 2.45) is 0 Å². The lowest BCUT2D eigenvalue weighted by molar-refractivity contribution is 0.146. The quantitative estimate of drug-likeness (QED) is 0.568. The Hall–Kier alpha value is -0.860. The molecule has 0 N–H and O–H groups in total. The Morgan fingerprint density at radius 2 is 2.27 bits per heavy atom. The Kier molecular flexibility index (Phi) is 3.75. The number of hydrogen-bond donors (Lipinski definition) is 0. The van der Waals surface area contributed by atoms with E-state index in [-0.39, 0.29) is 0 Å². The van der Waals surface area contributed by atoms with Gasteiger partial charge in [0.1, 0.15) is 5.15 Å². The van der Waals surface area contributed by atoms with Gasteiger partial charge in [-0.15, -0.1) is 0 Å². The Morgan fingerprint density at radius 3 is 3.07 bits per heavy atom. The molecule has 0 amide bonds. The summed E-state index contributed by atoms with van der Waals surface area (Å²) in [6.07, 6.45) is 7.14. The summed E-state index contributed by atoms with van der Waals surface area (Å²) >= 11 is 5.73. The summed E-state index contributed by atoms with van der Waals surface area (Å²) in [7, 11) is 0. The number of rotatable bonds is 2. The molecule has 1 aliphatic rings. The number of hydrogen-bond acceptors (Lipinski definition) is 2. The Balaban J connectivity index is 2.01. The van der Waals surface area contributed by atoms with E-state index in [2.05, 4.69) is 11.1 Å². The van der Waals surface area contributed by atoms with E-state index in [1.165, 1.54) is 11.1 Å². The van der Waals surface area contributed by atoms with Crippen molar-refractivity contribution < 1.29 is 4.74 Å². The first kappa shape index (κ1) is 10.7. The molecule has 15 heavy (non-hydrogen) atoms. The van der Waals surface area contributed by atoms with E-state index in [9.17, 15) is 0 Å². The molecule has 80 valence electrons. The Labute approximate surface area is 94.9 Å². The highest BCUT2D eigenvalue weighted by molar-refractivity contribution is 6.29. The second-order valence-electron chi connectivity index (χ2n) is 3.68. The fraction of sp³-hybridized carbons (Fsp3) is 0.417. The van der Waals surface area contributed by atoms with Crippen LogP contribution in [0.15, 0.2) is 30.0 Å². The third-order valence-electron chi connectivity index (χ3n) is 2.48. The second kappa shape index (κ2) is 5.29. The molecule has 0 aliphatic carbocycles. The summed E-state index contributed by atoms with van der Waals surface area (Å²) in [4.78, 5) is 4.08. The molecule has 0 radical (unpaired) electrons. The molecule has 0 atom stereocenters. The monoisotopic (exact) mass is 223 g/mol. The first-order chi connectivity index (χ1) is 7.34. The first-order valence-corrected chi connectivity index (χ1v) is 5.58. The third-order valence-corrected chi connectivity index (χ3v) is 2.71. The van der Waals surface area contributed by atoms with Crippen LogP contribution >= 0.6 is 11.6 Å². The number of aromatic nitrogens is 1. The van der Waals surface area contributed by atoms with Gasteiger partial charge in [0.05, 0.1) is 13.2 Å². The third kappa shape index (κ3) is 3.33. The van der Waals surface area contributed by atoms with Crippen molar-refractivity contribution in [1.82, 2.24) is 4.98 Å². The predicted octanol–water partition coefficient (Wildman–Crippen LogP) is 3.01. The summed E-state index contributed by atoms with van der Waals surface area (Å²) in [6.45, 7) is 1.69.